The first-order valence-corrected chi connectivity index (χ1v) is 7.44. The lowest BCUT2D eigenvalue weighted by atomic mass is 10.1. The van der Waals surface area contributed by atoms with Gasteiger partial charge in [0, 0.05) is 21.3 Å². The first-order valence-electron chi connectivity index (χ1n) is 6.36. The van der Waals surface area contributed by atoms with Crippen LogP contribution < -0.4 is 5.43 Å². The maximum Gasteiger partial charge on any atom is 0.269 e. The van der Waals surface area contributed by atoms with E-state index in [4.69, 9.17) is 0 Å². The van der Waals surface area contributed by atoms with Crippen LogP contribution in [0.15, 0.2) is 53.6 Å². The van der Waals surface area contributed by atoms with E-state index in [-0.39, 0.29) is 18.0 Å². The van der Waals surface area contributed by atoms with E-state index in [1.54, 1.807) is 18.3 Å². The predicted molar refractivity (Wildman–Crippen MR) is 91.7 cm³/mol. The van der Waals surface area contributed by atoms with Gasteiger partial charge in [0.2, 0.25) is 5.91 Å². The van der Waals surface area contributed by atoms with Gasteiger partial charge in [0.25, 0.3) is 5.69 Å². The maximum atomic E-state index is 11.7. The molecule has 1 N–H and O–H groups in total. The number of nitro benzene ring substituents is 1. The lowest BCUT2D eigenvalue weighted by molar-refractivity contribution is -0.384. The van der Waals surface area contributed by atoms with E-state index in [1.165, 1.54) is 12.1 Å². The van der Waals surface area contributed by atoms with E-state index in [0.29, 0.717) is 5.56 Å². The molecule has 0 radical (unpaired) electrons. The molecule has 2 rings (SSSR count). The Morgan fingerprint density at radius 1 is 1.23 bits per heavy atom. The van der Waals surface area contributed by atoms with Crippen molar-refractivity contribution >= 4 is 40.4 Å². The molecule has 0 saturated heterocycles. The molecule has 7 heteroatoms. The van der Waals surface area contributed by atoms with Crippen LogP contribution in [0, 0.1) is 13.7 Å². The van der Waals surface area contributed by atoms with Gasteiger partial charge in [-0.05, 0) is 34.2 Å². The van der Waals surface area contributed by atoms with Crippen molar-refractivity contribution in [2.24, 2.45) is 5.10 Å². The Bertz CT molecular complexity index is 714. The van der Waals surface area contributed by atoms with Crippen molar-refractivity contribution in [1.29, 1.82) is 0 Å². The van der Waals surface area contributed by atoms with Crippen LogP contribution in [-0.4, -0.2) is 17.0 Å². The minimum Gasteiger partial charge on any atom is -0.273 e. The summed E-state index contributed by atoms with van der Waals surface area (Å²) in [4.78, 5) is 21.8. The molecular formula is C15H12IN3O3. The van der Waals surface area contributed by atoms with Gasteiger partial charge in [0.1, 0.15) is 0 Å². The minimum atomic E-state index is -0.477. The zero-order valence-electron chi connectivity index (χ0n) is 11.4. The van der Waals surface area contributed by atoms with Crippen LogP contribution in [0.4, 0.5) is 5.69 Å². The van der Waals surface area contributed by atoms with Crippen molar-refractivity contribution in [2.75, 3.05) is 0 Å². The Labute approximate surface area is 140 Å². The molecule has 0 heterocycles. The van der Waals surface area contributed by atoms with Gasteiger partial charge in [-0.3, -0.25) is 14.9 Å². The number of carbonyl (C=O) groups excluding carboxylic acids is 1. The number of nitro groups is 1. The van der Waals surface area contributed by atoms with Gasteiger partial charge in [-0.1, -0.05) is 30.3 Å². The summed E-state index contributed by atoms with van der Waals surface area (Å²) in [7, 11) is 0. The molecule has 0 spiro atoms. The number of benzene rings is 2. The molecule has 6 nitrogen and oxygen atoms in total. The van der Waals surface area contributed by atoms with E-state index < -0.39 is 4.92 Å². The summed E-state index contributed by atoms with van der Waals surface area (Å²) in [5.41, 5.74) is 4.04. The molecule has 2 aromatic carbocycles. The SMILES string of the molecule is O=C(Cc1ccc([N+](=O)[O-])cc1)N/N=C\c1ccccc1I. The van der Waals surface area contributed by atoms with Gasteiger partial charge >= 0.3 is 0 Å². The highest BCUT2D eigenvalue weighted by Crippen LogP contribution is 2.12. The van der Waals surface area contributed by atoms with Crippen molar-refractivity contribution in [1.82, 2.24) is 5.43 Å². The van der Waals surface area contributed by atoms with Crippen molar-refractivity contribution in [3.05, 3.63) is 73.3 Å². The molecule has 1 amide bonds. The van der Waals surface area contributed by atoms with Crippen molar-refractivity contribution in [2.45, 2.75) is 6.42 Å². The average molecular weight is 409 g/mol. The number of non-ortho nitro benzene ring substituents is 1. The van der Waals surface area contributed by atoms with Gasteiger partial charge in [-0.25, -0.2) is 5.43 Å². The van der Waals surface area contributed by atoms with Crippen LogP contribution in [0.2, 0.25) is 0 Å². The van der Waals surface area contributed by atoms with Crippen LogP contribution in [0.25, 0.3) is 0 Å². The molecule has 0 atom stereocenters. The van der Waals surface area contributed by atoms with Gasteiger partial charge in [-0.2, -0.15) is 5.10 Å². The number of nitrogens with one attached hydrogen (secondary N) is 1. The van der Waals surface area contributed by atoms with E-state index in [1.807, 2.05) is 24.3 Å². The second-order valence-electron chi connectivity index (χ2n) is 4.42. The fraction of sp³-hybridized carbons (Fsp3) is 0.0667. The van der Waals surface area contributed by atoms with Gasteiger partial charge in [0.05, 0.1) is 17.6 Å². The zero-order valence-corrected chi connectivity index (χ0v) is 13.6. The van der Waals surface area contributed by atoms with Crippen LogP contribution >= 0.6 is 22.6 Å². The van der Waals surface area contributed by atoms with Crippen molar-refractivity contribution in [3.8, 4) is 0 Å². The van der Waals surface area contributed by atoms with Crippen LogP contribution in [0.1, 0.15) is 11.1 Å². The number of halogens is 1. The van der Waals surface area contributed by atoms with E-state index in [9.17, 15) is 14.9 Å². The molecular weight excluding hydrogens is 397 g/mol. The number of nitrogens with zero attached hydrogens (tertiary/aromatic N) is 2. The van der Waals surface area contributed by atoms with Gasteiger partial charge in [-0.15, -0.1) is 0 Å². The third kappa shape index (κ3) is 4.62. The molecule has 0 aliphatic rings. The summed E-state index contributed by atoms with van der Waals surface area (Å²) in [5, 5.41) is 14.5. The van der Waals surface area contributed by atoms with Crippen LogP contribution in [-0.2, 0) is 11.2 Å². The highest BCUT2D eigenvalue weighted by Gasteiger charge is 2.06. The first kappa shape index (κ1) is 16.1. The number of hydrogen-bond acceptors (Lipinski definition) is 4. The largest absolute Gasteiger partial charge is 0.273 e. The highest BCUT2D eigenvalue weighted by molar-refractivity contribution is 14.1. The maximum absolute atomic E-state index is 11.7. The Morgan fingerprint density at radius 3 is 2.55 bits per heavy atom. The van der Waals surface area contributed by atoms with Crippen LogP contribution in [0.5, 0.6) is 0 Å². The fourth-order valence-electron chi connectivity index (χ4n) is 1.71. The van der Waals surface area contributed by atoms with Gasteiger partial charge < -0.3 is 0 Å². The van der Waals surface area contributed by atoms with Crippen molar-refractivity contribution in [3.63, 3.8) is 0 Å². The second-order valence-corrected chi connectivity index (χ2v) is 5.58. The standard InChI is InChI=1S/C15H12IN3O3/c16-14-4-2-1-3-12(14)10-17-18-15(20)9-11-5-7-13(8-6-11)19(21)22/h1-8,10H,9H2,(H,18,20)/b17-10-. The molecule has 0 unspecified atom stereocenters. The quantitative estimate of drug-likeness (QED) is 0.357. The Balaban J connectivity index is 1.90. The van der Waals surface area contributed by atoms with E-state index >= 15 is 0 Å². The molecule has 0 aliphatic carbocycles. The lowest BCUT2D eigenvalue weighted by Crippen LogP contribution is -2.19. The molecule has 0 saturated carbocycles. The average Bonchev–Trinajstić information content (AvgIpc) is 2.50. The van der Waals surface area contributed by atoms with E-state index in [0.717, 1.165) is 9.13 Å². The monoisotopic (exact) mass is 409 g/mol. The number of amides is 1. The third-order valence-electron chi connectivity index (χ3n) is 2.81. The summed E-state index contributed by atoms with van der Waals surface area (Å²) in [6, 6.07) is 13.5. The number of hydrogen-bond donors (Lipinski definition) is 1. The second kappa shape index (κ2) is 7.64. The molecule has 0 bridgehead atoms. The zero-order chi connectivity index (χ0) is 15.9. The molecule has 112 valence electrons. The first-order chi connectivity index (χ1) is 10.6. The van der Waals surface area contributed by atoms with Crippen LogP contribution in [0.3, 0.4) is 0 Å². The minimum absolute atomic E-state index is 0.000770. The highest BCUT2D eigenvalue weighted by atomic mass is 127. The molecule has 0 aromatic heterocycles. The number of hydrazone groups is 1. The van der Waals surface area contributed by atoms with Gasteiger partial charge in [0.15, 0.2) is 0 Å². The number of rotatable bonds is 5. The molecule has 2 aromatic rings. The summed E-state index contributed by atoms with van der Waals surface area (Å²) in [6.07, 6.45) is 1.69. The lowest BCUT2D eigenvalue weighted by Gasteiger charge is -2.01. The molecule has 22 heavy (non-hydrogen) atoms. The Kier molecular flexibility index (Phi) is 5.59. The third-order valence-corrected chi connectivity index (χ3v) is 3.79. The summed E-state index contributed by atoms with van der Waals surface area (Å²) in [6.45, 7) is 0. The Morgan fingerprint density at radius 2 is 1.91 bits per heavy atom. The normalized spacial score (nSPS) is 10.6. The van der Waals surface area contributed by atoms with Crippen molar-refractivity contribution < 1.29 is 9.72 Å². The topological polar surface area (TPSA) is 84.6 Å². The Hall–Kier alpha value is -2.29. The molecule has 0 aliphatic heterocycles. The number of carbonyl (C=O) groups is 1. The predicted octanol–water partition coefficient (Wildman–Crippen LogP) is 2.89. The summed E-state index contributed by atoms with van der Waals surface area (Å²) >= 11 is 2.19. The van der Waals surface area contributed by atoms with E-state index in [2.05, 4.69) is 33.1 Å². The smallest absolute Gasteiger partial charge is 0.269 e. The molecule has 0 fully saturated rings. The summed E-state index contributed by atoms with van der Waals surface area (Å²) in [5.74, 6) is -0.281. The fourth-order valence-corrected chi connectivity index (χ4v) is 2.24. The summed E-state index contributed by atoms with van der Waals surface area (Å²) < 4.78 is 1.04.